The molecular weight excluding hydrogens is 381 g/mol. The Balaban J connectivity index is 1.80. The highest BCUT2D eigenvalue weighted by atomic mass is 19.1. The largest absolute Gasteiger partial charge is 0.335 e. The highest BCUT2D eigenvalue weighted by molar-refractivity contribution is 5.99. The van der Waals surface area contributed by atoms with Gasteiger partial charge in [0.1, 0.15) is 5.82 Å². The lowest BCUT2D eigenvalue weighted by Gasteiger charge is -2.37. The number of halogens is 1. The first kappa shape index (κ1) is 21.7. The molecule has 1 heterocycles. The molecule has 6 heteroatoms. The molecule has 0 aromatic heterocycles. The van der Waals surface area contributed by atoms with Crippen molar-refractivity contribution in [3.8, 4) is 0 Å². The molecule has 0 radical (unpaired) electrons. The number of amides is 2. The molecule has 0 atom stereocenters. The van der Waals surface area contributed by atoms with Gasteiger partial charge in [-0.05, 0) is 68.4 Å². The molecule has 2 aromatic carbocycles. The molecule has 30 heavy (non-hydrogen) atoms. The topological polar surface area (TPSA) is 52.7 Å². The minimum absolute atomic E-state index is 0.00539. The number of carbonyl (C=O) groups is 2. The van der Waals surface area contributed by atoms with Gasteiger partial charge in [-0.2, -0.15) is 0 Å². The number of nitrogens with zero attached hydrogens (tertiary/aromatic N) is 2. The summed E-state index contributed by atoms with van der Waals surface area (Å²) >= 11 is 0. The van der Waals surface area contributed by atoms with Gasteiger partial charge < -0.3 is 15.1 Å². The molecule has 1 fully saturated rings. The number of hydrogen-bond donors (Lipinski definition) is 1. The summed E-state index contributed by atoms with van der Waals surface area (Å²) in [5.41, 5.74) is 2.27. The van der Waals surface area contributed by atoms with Gasteiger partial charge in [0.2, 0.25) is 11.8 Å². The first-order valence-corrected chi connectivity index (χ1v) is 10.2. The zero-order valence-corrected chi connectivity index (χ0v) is 17.3. The number of benzene rings is 2. The van der Waals surface area contributed by atoms with Crippen LogP contribution in [0.5, 0.6) is 0 Å². The van der Waals surface area contributed by atoms with Crippen LogP contribution < -0.4 is 5.32 Å². The van der Waals surface area contributed by atoms with Crippen LogP contribution in [0.3, 0.4) is 0 Å². The monoisotopic (exact) mass is 409 g/mol. The fraction of sp³-hybridized carbons (Fsp3) is 0.333. The average Bonchev–Trinajstić information content (AvgIpc) is 2.75. The number of rotatable bonds is 7. The van der Waals surface area contributed by atoms with E-state index in [1.54, 1.807) is 18.2 Å². The lowest BCUT2D eigenvalue weighted by molar-refractivity contribution is -0.134. The van der Waals surface area contributed by atoms with E-state index in [0.717, 1.165) is 37.1 Å². The zero-order chi connectivity index (χ0) is 21.5. The van der Waals surface area contributed by atoms with Crippen LogP contribution in [0.1, 0.15) is 24.0 Å². The first-order valence-electron chi connectivity index (χ1n) is 10.2. The molecule has 1 aliphatic heterocycles. The molecule has 0 bridgehead atoms. The molecule has 0 saturated carbocycles. The molecule has 0 aliphatic carbocycles. The molecule has 0 spiro atoms. The van der Waals surface area contributed by atoms with Crippen molar-refractivity contribution >= 4 is 17.5 Å². The third-order valence-corrected chi connectivity index (χ3v) is 5.52. The molecular formula is C24H28FN3O2. The Hall–Kier alpha value is -2.99. The fourth-order valence-electron chi connectivity index (χ4n) is 3.76. The van der Waals surface area contributed by atoms with Crippen LogP contribution in [0.4, 0.5) is 10.1 Å². The van der Waals surface area contributed by atoms with Crippen molar-refractivity contribution in [2.45, 2.75) is 31.8 Å². The minimum Gasteiger partial charge on any atom is -0.335 e. The average molecular weight is 410 g/mol. The van der Waals surface area contributed by atoms with Crippen molar-refractivity contribution in [1.82, 2.24) is 9.80 Å². The molecule has 5 nitrogen and oxygen atoms in total. The minimum atomic E-state index is -0.312. The number of piperidine rings is 1. The van der Waals surface area contributed by atoms with E-state index < -0.39 is 0 Å². The van der Waals surface area contributed by atoms with Crippen molar-refractivity contribution in [3.63, 3.8) is 0 Å². The molecule has 2 aromatic rings. The Morgan fingerprint density at radius 1 is 1.17 bits per heavy atom. The highest BCUT2D eigenvalue weighted by Crippen LogP contribution is 2.22. The Morgan fingerprint density at radius 2 is 1.83 bits per heavy atom. The van der Waals surface area contributed by atoms with Crippen LogP contribution in [-0.2, 0) is 22.6 Å². The van der Waals surface area contributed by atoms with Gasteiger partial charge in [0.15, 0.2) is 0 Å². The van der Waals surface area contributed by atoms with Gasteiger partial charge in [0.05, 0.1) is 6.42 Å². The number of anilines is 1. The van der Waals surface area contributed by atoms with Gasteiger partial charge in [-0.15, -0.1) is 0 Å². The Bertz CT molecular complexity index is 890. The summed E-state index contributed by atoms with van der Waals surface area (Å²) in [5.74, 6) is -0.606. The quantitative estimate of drug-likeness (QED) is 0.711. The molecule has 2 amide bonds. The number of carbonyl (C=O) groups excluding carboxylic acids is 2. The van der Waals surface area contributed by atoms with Gasteiger partial charge in [-0.25, -0.2) is 4.39 Å². The van der Waals surface area contributed by atoms with E-state index in [-0.39, 0.29) is 30.1 Å². The van der Waals surface area contributed by atoms with Crippen LogP contribution >= 0.6 is 0 Å². The summed E-state index contributed by atoms with van der Waals surface area (Å²) in [6.07, 6.45) is 3.19. The summed E-state index contributed by atoms with van der Waals surface area (Å²) in [6, 6.07) is 13.7. The van der Waals surface area contributed by atoms with Gasteiger partial charge in [0, 0.05) is 18.3 Å². The van der Waals surface area contributed by atoms with E-state index in [0.29, 0.717) is 12.2 Å². The Kier molecular flexibility index (Phi) is 7.36. The SMILES string of the molecule is C=CC(=O)Nc1ccccc1CC(=O)N(Cc1ccc(F)cc1)C1CCN(C)CC1. The molecule has 0 unspecified atom stereocenters. The van der Waals surface area contributed by atoms with Gasteiger partial charge in [-0.3, -0.25) is 9.59 Å². The van der Waals surface area contributed by atoms with Crippen molar-refractivity contribution < 1.29 is 14.0 Å². The summed E-state index contributed by atoms with van der Waals surface area (Å²) in [6.45, 7) is 5.79. The van der Waals surface area contributed by atoms with Crippen LogP contribution in [0.15, 0.2) is 61.2 Å². The van der Waals surface area contributed by atoms with Gasteiger partial charge in [0.25, 0.3) is 0 Å². The summed E-state index contributed by atoms with van der Waals surface area (Å²) in [5, 5.41) is 2.77. The molecule has 3 rings (SSSR count). The second-order valence-corrected chi connectivity index (χ2v) is 7.71. The third kappa shape index (κ3) is 5.76. The Morgan fingerprint density at radius 3 is 2.50 bits per heavy atom. The second kappa shape index (κ2) is 10.2. The first-order chi connectivity index (χ1) is 14.5. The third-order valence-electron chi connectivity index (χ3n) is 5.52. The van der Waals surface area contributed by atoms with Crippen molar-refractivity contribution in [1.29, 1.82) is 0 Å². The van der Waals surface area contributed by atoms with E-state index in [9.17, 15) is 14.0 Å². The van der Waals surface area contributed by atoms with Crippen LogP contribution in [0.2, 0.25) is 0 Å². The number of likely N-dealkylation sites (tertiary alicyclic amines) is 1. The predicted molar refractivity (Wildman–Crippen MR) is 116 cm³/mol. The van der Waals surface area contributed by atoms with Crippen LogP contribution in [0, 0.1) is 5.82 Å². The normalized spacial score (nSPS) is 14.9. The summed E-state index contributed by atoms with van der Waals surface area (Å²) in [7, 11) is 2.08. The van der Waals surface area contributed by atoms with E-state index in [4.69, 9.17) is 0 Å². The molecule has 158 valence electrons. The van der Waals surface area contributed by atoms with Crippen LogP contribution in [-0.4, -0.2) is 47.8 Å². The highest BCUT2D eigenvalue weighted by Gasteiger charge is 2.27. The van der Waals surface area contributed by atoms with Crippen molar-refractivity contribution in [2.75, 3.05) is 25.5 Å². The lowest BCUT2D eigenvalue weighted by atomic mass is 10.0. The van der Waals surface area contributed by atoms with Crippen molar-refractivity contribution in [2.24, 2.45) is 0 Å². The molecule has 1 N–H and O–H groups in total. The number of hydrogen-bond acceptors (Lipinski definition) is 3. The zero-order valence-electron chi connectivity index (χ0n) is 17.3. The number of para-hydroxylation sites is 1. The fourth-order valence-corrected chi connectivity index (χ4v) is 3.76. The van der Waals surface area contributed by atoms with Crippen LogP contribution in [0.25, 0.3) is 0 Å². The second-order valence-electron chi connectivity index (χ2n) is 7.71. The van der Waals surface area contributed by atoms with E-state index in [2.05, 4.69) is 23.8 Å². The lowest BCUT2D eigenvalue weighted by Crippen LogP contribution is -2.46. The van der Waals surface area contributed by atoms with Gasteiger partial charge in [-0.1, -0.05) is 36.9 Å². The van der Waals surface area contributed by atoms with E-state index in [1.165, 1.54) is 18.2 Å². The van der Waals surface area contributed by atoms with Crippen molar-refractivity contribution in [3.05, 3.63) is 78.1 Å². The predicted octanol–water partition coefficient (Wildman–Crippen LogP) is 3.62. The van der Waals surface area contributed by atoms with E-state index in [1.807, 2.05) is 23.1 Å². The Labute approximate surface area is 177 Å². The summed E-state index contributed by atoms with van der Waals surface area (Å²) in [4.78, 5) is 29.3. The summed E-state index contributed by atoms with van der Waals surface area (Å²) < 4.78 is 13.3. The smallest absolute Gasteiger partial charge is 0.247 e. The number of nitrogens with one attached hydrogen (secondary N) is 1. The molecule has 1 aliphatic rings. The maximum absolute atomic E-state index is 13.4. The maximum Gasteiger partial charge on any atom is 0.247 e. The maximum atomic E-state index is 13.4. The standard InChI is InChI=1S/C24H28FN3O2/c1-3-23(29)26-22-7-5-4-6-19(22)16-24(30)28(21-12-14-27(2)15-13-21)17-18-8-10-20(25)11-9-18/h3-11,21H,1,12-17H2,2H3,(H,26,29). The van der Waals surface area contributed by atoms with Gasteiger partial charge >= 0.3 is 0 Å². The van der Waals surface area contributed by atoms with E-state index >= 15 is 0 Å². The molecule has 1 saturated heterocycles.